The summed E-state index contributed by atoms with van der Waals surface area (Å²) in [6, 6.07) is 18.5. The zero-order valence-electron chi connectivity index (χ0n) is 17.5. The first-order valence-electron chi connectivity index (χ1n) is 9.96. The molecule has 0 radical (unpaired) electrons. The van der Waals surface area contributed by atoms with Crippen LogP contribution in [0.3, 0.4) is 0 Å². The van der Waals surface area contributed by atoms with Crippen LogP contribution in [0.4, 0.5) is 0 Å². The first kappa shape index (κ1) is 21.1. The first-order valence-corrected chi connectivity index (χ1v) is 10.9. The van der Waals surface area contributed by atoms with Crippen LogP contribution in [0.25, 0.3) is 11.4 Å². The van der Waals surface area contributed by atoms with E-state index in [0.29, 0.717) is 12.3 Å². The molecular formula is C23H28N4OS. The van der Waals surface area contributed by atoms with Crippen LogP contribution in [-0.4, -0.2) is 37.4 Å². The summed E-state index contributed by atoms with van der Waals surface area (Å²) >= 11 is 1.45. The van der Waals surface area contributed by atoms with E-state index in [0.717, 1.165) is 28.7 Å². The van der Waals surface area contributed by atoms with Gasteiger partial charge in [0, 0.05) is 24.7 Å². The highest BCUT2D eigenvalue weighted by atomic mass is 32.2. The number of thioether (sulfide) groups is 1. The maximum absolute atomic E-state index is 12.9. The van der Waals surface area contributed by atoms with Crippen molar-refractivity contribution >= 4 is 17.7 Å². The second kappa shape index (κ2) is 9.74. The summed E-state index contributed by atoms with van der Waals surface area (Å²) in [4.78, 5) is 14.8. The predicted molar refractivity (Wildman–Crippen MR) is 119 cm³/mol. The third kappa shape index (κ3) is 5.26. The third-order valence-electron chi connectivity index (χ3n) is 4.81. The zero-order chi connectivity index (χ0) is 20.8. The van der Waals surface area contributed by atoms with Crippen LogP contribution in [0.1, 0.15) is 31.9 Å². The summed E-state index contributed by atoms with van der Waals surface area (Å²) in [6.45, 7) is 9.61. The molecule has 152 valence electrons. The molecule has 0 atom stereocenters. The Kier molecular flexibility index (Phi) is 7.09. The molecule has 1 heterocycles. The number of amides is 1. The average molecular weight is 409 g/mol. The van der Waals surface area contributed by atoms with Crippen LogP contribution < -0.4 is 0 Å². The molecular weight excluding hydrogens is 380 g/mol. The van der Waals surface area contributed by atoms with Gasteiger partial charge >= 0.3 is 0 Å². The predicted octanol–water partition coefficient (Wildman–Crippen LogP) is 4.80. The monoisotopic (exact) mass is 408 g/mol. The van der Waals surface area contributed by atoms with E-state index in [9.17, 15) is 4.79 Å². The lowest BCUT2D eigenvalue weighted by molar-refractivity contribution is -0.130. The zero-order valence-corrected chi connectivity index (χ0v) is 18.3. The Balaban J connectivity index is 1.71. The fourth-order valence-corrected chi connectivity index (χ4v) is 4.03. The fraction of sp³-hybridized carbons (Fsp3) is 0.348. The molecule has 2 aromatic carbocycles. The molecule has 0 unspecified atom stereocenters. The maximum Gasteiger partial charge on any atom is 0.233 e. The third-order valence-corrected chi connectivity index (χ3v) is 5.76. The van der Waals surface area contributed by atoms with Crippen molar-refractivity contribution < 1.29 is 4.79 Å². The van der Waals surface area contributed by atoms with Crippen LogP contribution in [-0.2, 0) is 17.9 Å². The lowest BCUT2D eigenvalue weighted by Gasteiger charge is -2.26. The Labute approximate surface area is 177 Å². The second-order valence-corrected chi connectivity index (χ2v) is 8.25. The topological polar surface area (TPSA) is 51.0 Å². The average Bonchev–Trinajstić information content (AvgIpc) is 3.14. The van der Waals surface area contributed by atoms with Gasteiger partial charge in [-0.1, -0.05) is 71.9 Å². The van der Waals surface area contributed by atoms with Gasteiger partial charge in [0.1, 0.15) is 0 Å². The highest BCUT2D eigenvalue weighted by Crippen LogP contribution is 2.25. The van der Waals surface area contributed by atoms with E-state index in [2.05, 4.69) is 78.9 Å². The van der Waals surface area contributed by atoms with Crippen LogP contribution in [0, 0.1) is 6.92 Å². The van der Waals surface area contributed by atoms with Gasteiger partial charge in [-0.15, -0.1) is 10.2 Å². The van der Waals surface area contributed by atoms with Gasteiger partial charge in [-0.05, 0) is 33.3 Å². The molecule has 0 saturated carbocycles. The normalized spacial score (nSPS) is 11.1. The van der Waals surface area contributed by atoms with E-state index < -0.39 is 0 Å². The molecule has 6 heteroatoms. The molecule has 0 bridgehead atoms. The van der Waals surface area contributed by atoms with Crippen molar-refractivity contribution in [2.45, 2.75) is 52.0 Å². The summed E-state index contributed by atoms with van der Waals surface area (Å²) in [7, 11) is 0. The van der Waals surface area contributed by atoms with Crippen molar-refractivity contribution in [3.8, 4) is 11.4 Å². The number of nitrogens with zero attached hydrogens (tertiary/aromatic N) is 4. The molecule has 0 aliphatic heterocycles. The Morgan fingerprint density at radius 1 is 1.07 bits per heavy atom. The molecule has 1 amide bonds. The molecule has 29 heavy (non-hydrogen) atoms. The van der Waals surface area contributed by atoms with Crippen molar-refractivity contribution in [3.63, 3.8) is 0 Å². The van der Waals surface area contributed by atoms with E-state index in [4.69, 9.17) is 0 Å². The van der Waals surface area contributed by atoms with E-state index in [-0.39, 0.29) is 11.9 Å². The van der Waals surface area contributed by atoms with Gasteiger partial charge in [-0.2, -0.15) is 0 Å². The second-order valence-electron chi connectivity index (χ2n) is 7.31. The number of carbonyl (C=O) groups excluding carboxylic acids is 1. The molecule has 1 aromatic heterocycles. The Morgan fingerprint density at radius 3 is 2.38 bits per heavy atom. The van der Waals surface area contributed by atoms with Gasteiger partial charge in [-0.25, -0.2) is 0 Å². The Hall–Kier alpha value is -2.60. The molecule has 0 fully saturated rings. The molecule has 5 nitrogen and oxygen atoms in total. The molecule has 0 aliphatic rings. The van der Waals surface area contributed by atoms with Crippen molar-refractivity contribution in [1.82, 2.24) is 19.7 Å². The van der Waals surface area contributed by atoms with Gasteiger partial charge in [0.25, 0.3) is 0 Å². The highest BCUT2D eigenvalue weighted by Gasteiger charge is 2.20. The number of aryl methyl sites for hydroxylation is 1. The number of hydrogen-bond acceptors (Lipinski definition) is 4. The molecule has 3 rings (SSSR count). The van der Waals surface area contributed by atoms with Crippen molar-refractivity contribution in [3.05, 3.63) is 65.7 Å². The standard InChI is InChI=1S/C23H28N4OS/c1-5-26-22(20-13-11-18(4)12-14-20)24-25-23(26)29-16-21(28)27(17(2)3)15-19-9-7-6-8-10-19/h6-14,17H,5,15-16H2,1-4H3. The van der Waals surface area contributed by atoms with E-state index in [1.165, 1.54) is 17.3 Å². The number of hydrogen-bond donors (Lipinski definition) is 0. The van der Waals surface area contributed by atoms with Crippen LogP contribution >= 0.6 is 11.8 Å². The van der Waals surface area contributed by atoms with E-state index in [1.54, 1.807) is 0 Å². The maximum atomic E-state index is 12.9. The smallest absolute Gasteiger partial charge is 0.233 e. The van der Waals surface area contributed by atoms with E-state index >= 15 is 0 Å². The van der Waals surface area contributed by atoms with Crippen molar-refractivity contribution in [1.29, 1.82) is 0 Å². The number of rotatable bonds is 8. The minimum absolute atomic E-state index is 0.108. The largest absolute Gasteiger partial charge is 0.335 e. The fourth-order valence-electron chi connectivity index (χ4n) is 3.14. The lowest BCUT2D eigenvalue weighted by Crippen LogP contribution is -2.37. The first-order chi connectivity index (χ1) is 14.0. The molecule has 3 aromatic rings. The minimum atomic E-state index is 0.108. The Bertz CT molecular complexity index is 935. The molecule has 0 aliphatic carbocycles. The minimum Gasteiger partial charge on any atom is -0.335 e. The van der Waals surface area contributed by atoms with Gasteiger partial charge in [0.2, 0.25) is 5.91 Å². The van der Waals surface area contributed by atoms with Crippen molar-refractivity contribution in [2.24, 2.45) is 0 Å². The summed E-state index contributed by atoms with van der Waals surface area (Å²) in [5.41, 5.74) is 3.39. The van der Waals surface area contributed by atoms with Gasteiger partial charge in [0.05, 0.1) is 5.75 Å². The Morgan fingerprint density at radius 2 is 1.76 bits per heavy atom. The number of benzene rings is 2. The summed E-state index contributed by atoms with van der Waals surface area (Å²) < 4.78 is 2.07. The summed E-state index contributed by atoms with van der Waals surface area (Å²) in [5, 5.41) is 9.51. The molecule has 0 spiro atoms. The molecule has 0 saturated heterocycles. The quantitative estimate of drug-likeness (QED) is 0.502. The van der Waals surface area contributed by atoms with Gasteiger partial charge in [-0.3, -0.25) is 4.79 Å². The van der Waals surface area contributed by atoms with Crippen LogP contribution in [0.15, 0.2) is 59.8 Å². The number of carbonyl (C=O) groups is 1. The van der Waals surface area contributed by atoms with Crippen molar-refractivity contribution in [2.75, 3.05) is 5.75 Å². The van der Waals surface area contributed by atoms with Gasteiger partial charge < -0.3 is 9.47 Å². The summed E-state index contributed by atoms with van der Waals surface area (Å²) in [5.74, 6) is 1.29. The number of aromatic nitrogens is 3. The summed E-state index contributed by atoms with van der Waals surface area (Å²) in [6.07, 6.45) is 0. The van der Waals surface area contributed by atoms with Crippen LogP contribution in [0.2, 0.25) is 0 Å². The lowest BCUT2D eigenvalue weighted by atomic mass is 10.1. The van der Waals surface area contributed by atoms with E-state index in [1.807, 2.05) is 23.1 Å². The SMILES string of the molecule is CCn1c(SCC(=O)N(Cc2ccccc2)C(C)C)nnc1-c1ccc(C)cc1. The van der Waals surface area contributed by atoms with Crippen LogP contribution in [0.5, 0.6) is 0 Å². The molecule has 0 N–H and O–H groups in total. The highest BCUT2D eigenvalue weighted by molar-refractivity contribution is 7.99. The van der Waals surface area contributed by atoms with Gasteiger partial charge in [0.15, 0.2) is 11.0 Å².